The molecule has 48 heavy (non-hydrogen) atoms. The summed E-state index contributed by atoms with van der Waals surface area (Å²) in [5.41, 5.74) is 11.1. The van der Waals surface area contributed by atoms with E-state index >= 15 is 0 Å². The number of benzene rings is 3. The number of pyridine rings is 1. The predicted molar refractivity (Wildman–Crippen MR) is 183 cm³/mol. The van der Waals surface area contributed by atoms with Gasteiger partial charge in [0.25, 0.3) is 5.91 Å². The smallest absolute Gasteiger partial charge is 0.335 e. The van der Waals surface area contributed by atoms with E-state index < -0.39 is 17.7 Å². The molecule has 1 aliphatic rings. The Hall–Kier alpha value is -5.77. The zero-order chi connectivity index (χ0) is 35.4. The van der Waals surface area contributed by atoms with Crippen molar-refractivity contribution in [3.8, 4) is 17.2 Å². The minimum Gasteiger partial charge on any atom is -0.478 e. The number of carbonyl (C=O) groups excluding carboxylic acids is 2. The molecule has 2 amide bonds. The maximum atomic E-state index is 14.3. The lowest BCUT2D eigenvalue weighted by molar-refractivity contribution is -0.129. The monoisotopic (exact) mass is 671 g/mol. The summed E-state index contributed by atoms with van der Waals surface area (Å²) in [6, 6.07) is 21.5. The molecule has 0 radical (unpaired) electrons. The number of halogens is 2. The lowest BCUT2D eigenvalue weighted by Gasteiger charge is -2.36. The molecule has 6 N–H and O–H groups in total. The van der Waals surface area contributed by atoms with Crippen molar-refractivity contribution in [2.24, 2.45) is 11.6 Å². The molecule has 2 heterocycles. The van der Waals surface area contributed by atoms with Crippen molar-refractivity contribution in [1.29, 1.82) is 5.26 Å². The van der Waals surface area contributed by atoms with Gasteiger partial charge in [0.15, 0.2) is 5.82 Å². The second kappa shape index (κ2) is 17.2. The van der Waals surface area contributed by atoms with E-state index in [-0.39, 0.29) is 28.0 Å². The van der Waals surface area contributed by atoms with Gasteiger partial charge in [-0.05, 0) is 78.6 Å². The number of nitrogens with two attached hydrogens (primary N) is 2. The highest BCUT2D eigenvalue weighted by Crippen LogP contribution is 2.36. The van der Waals surface area contributed by atoms with Gasteiger partial charge in [0.1, 0.15) is 17.5 Å². The van der Waals surface area contributed by atoms with Crippen LogP contribution in [0.4, 0.5) is 15.8 Å². The maximum Gasteiger partial charge on any atom is 0.335 e. The van der Waals surface area contributed by atoms with Crippen LogP contribution in [0.2, 0.25) is 5.02 Å². The number of nitrogens with one attached hydrogen (secondary N) is 1. The molecule has 1 unspecified atom stereocenters. The fraction of sp³-hybridized carbons (Fsp3) is 0.171. The highest BCUT2D eigenvalue weighted by Gasteiger charge is 2.30. The van der Waals surface area contributed by atoms with E-state index in [1.807, 2.05) is 51.1 Å². The summed E-state index contributed by atoms with van der Waals surface area (Å²) in [6.07, 6.45) is 4.03. The second-order valence-corrected chi connectivity index (χ2v) is 10.5. The number of hydrazine groups is 1. The van der Waals surface area contributed by atoms with Crippen molar-refractivity contribution in [2.45, 2.75) is 33.2 Å². The lowest BCUT2D eigenvalue weighted by Crippen LogP contribution is -2.42. The van der Waals surface area contributed by atoms with Gasteiger partial charge in [0.2, 0.25) is 6.41 Å². The molecular formula is C35H35ClFN7O4. The standard InChI is InChI=1S/C25H22ClFN6O.C8H7NO3.C2H6/c1-15-18-4-2-5-19(16-8-9-17(12-28)31-13-16)20(18)10-11-32(15)25(34)22(29)14-33(30)23-7-3-6-21(26)24(23)27;10-5-9-7-3-1-6(2-4-7)8(11)12;1-2/h2-9,13-15H,10-11,29-30H2,1H3;1-5H,(H,9,10)(H,11,12);1-2H3/b22-14-;;. The Labute approximate surface area is 282 Å². The van der Waals surface area contributed by atoms with Crippen LogP contribution in [-0.2, 0) is 16.0 Å². The molecule has 0 bridgehead atoms. The number of aromatic nitrogens is 1. The first-order chi connectivity index (χ1) is 23.0. The number of rotatable bonds is 7. The number of fused-ring (bicyclic) bond motifs is 1. The normalized spacial score (nSPS) is 13.3. The third kappa shape index (κ3) is 8.73. The molecule has 1 aliphatic heterocycles. The van der Waals surface area contributed by atoms with Gasteiger partial charge in [0.05, 0.1) is 28.5 Å². The largest absolute Gasteiger partial charge is 0.478 e. The second-order valence-electron chi connectivity index (χ2n) is 10.1. The third-order valence-electron chi connectivity index (χ3n) is 7.27. The fourth-order valence-electron chi connectivity index (χ4n) is 4.95. The first-order valence-corrected chi connectivity index (χ1v) is 15.2. The molecule has 5 rings (SSSR count). The first-order valence-electron chi connectivity index (χ1n) is 14.8. The Morgan fingerprint density at radius 2 is 1.81 bits per heavy atom. The van der Waals surface area contributed by atoms with Gasteiger partial charge in [-0.2, -0.15) is 5.26 Å². The predicted octanol–water partition coefficient (Wildman–Crippen LogP) is 6.02. The third-order valence-corrected chi connectivity index (χ3v) is 7.57. The molecular weight excluding hydrogens is 637 g/mol. The number of anilines is 2. The lowest BCUT2D eigenvalue weighted by atomic mass is 9.87. The molecule has 4 aromatic rings. The number of amides is 2. The number of hydrogen-bond donors (Lipinski definition) is 4. The van der Waals surface area contributed by atoms with Crippen LogP contribution in [0.5, 0.6) is 0 Å². The Kier molecular flexibility index (Phi) is 13.2. The van der Waals surface area contributed by atoms with Crippen LogP contribution in [0.3, 0.4) is 0 Å². The van der Waals surface area contributed by atoms with Gasteiger partial charge in [-0.25, -0.2) is 20.0 Å². The first kappa shape index (κ1) is 36.7. The molecule has 0 saturated carbocycles. The summed E-state index contributed by atoms with van der Waals surface area (Å²) in [5.74, 6) is 3.85. The number of carbonyl (C=O) groups is 3. The van der Waals surface area contributed by atoms with Crippen LogP contribution in [0.1, 0.15) is 54.0 Å². The van der Waals surface area contributed by atoms with Crippen molar-refractivity contribution >= 4 is 41.3 Å². The average molecular weight is 672 g/mol. The minimum atomic E-state index is -0.979. The highest BCUT2D eigenvalue weighted by molar-refractivity contribution is 6.31. The van der Waals surface area contributed by atoms with Gasteiger partial charge in [0, 0.05) is 24.0 Å². The quantitative estimate of drug-likeness (QED) is 0.0791. The Morgan fingerprint density at radius 3 is 2.42 bits per heavy atom. The number of nitrogens with zero attached hydrogens (tertiary/aromatic N) is 4. The number of hydrogen-bond acceptors (Lipinski definition) is 8. The van der Waals surface area contributed by atoms with Crippen LogP contribution in [0.25, 0.3) is 11.1 Å². The Balaban J connectivity index is 0.000000375. The molecule has 3 aromatic carbocycles. The Bertz CT molecular complexity index is 1830. The van der Waals surface area contributed by atoms with Crippen LogP contribution in [-0.4, -0.2) is 39.8 Å². The molecule has 11 nitrogen and oxygen atoms in total. The van der Waals surface area contributed by atoms with E-state index in [2.05, 4.69) is 10.3 Å². The summed E-state index contributed by atoms with van der Waals surface area (Å²) in [5, 5.41) is 20.8. The SMILES string of the molecule is CC.CC1c2cccc(-c3ccc(C#N)nc3)c2CCN1C(=O)/C(N)=C/N(N)c1cccc(Cl)c1F.O=CNc1ccc(C(=O)O)cc1. The van der Waals surface area contributed by atoms with E-state index in [1.165, 1.54) is 42.6 Å². The van der Waals surface area contributed by atoms with Crippen molar-refractivity contribution in [3.63, 3.8) is 0 Å². The molecule has 0 spiro atoms. The van der Waals surface area contributed by atoms with Crippen molar-refractivity contribution < 1.29 is 23.9 Å². The fourth-order valence-corrected chi connectivity index (χ4v) is 5.11. The average Bonchev–Trinajstić information content (AvgIpc) is 3.10. The van der Waals surface area contributed by atoms with Gasteiger partial charge in [-0.1, -0.05) is 49.7 Å². The van der Waals surface area contributed by atoms with E-state index in [0.29, 0.717) is 30.8 Å². The zero-order valence-corrected chi connectivity index (χ0v) is 27.3. The molecule has 0 fully saturated rings. The summed E-state index contributed by atoms with van der Waals surface area (Å²) < 4.78 is 14.3. The molecule has 0 saturated heterocycles. The van der Waals surface area contributed by atoms with Crippen LogP contribution < -0.4 is 21.9 Å². The molecule has 13 heteroatoms. The van der Waals surface area contributed by atoms with E-state index in [0.717, 1.165) is 27.3 Å². The van der Waals surface area contributed by atoms with Crippen LogP contribution in [0.15, 0.2) is 90.9 Å². The summed E-state index contributed by atoms with van der Waals surface area (Å²) in [4.78, 5) is 39.3. The summed E-state index contributed by atoms with van der Waals surface area (Å²) in [7, 11) is 0. The molecule has 1 aromatic heterocycles. The minimum absolute atomic E-state index is 0.000885. The van der Waals surface area contributed by atoms with E-state index in [1.54, 1.807) is 23.2 Å². The molecule has 248 valence electrons. The van der Waals surface area contributed by atoms with Crippen molar-refractivity contribution in [1.82, 2.24) is 9.88 Å². The van der Waals surface area contributed by atoms with Crippen molar-refractivity contribution in [2.75, 3.05) is 16.9 Å². The van der Waals surface area contributed by atoms with Crippen molar-refractivity contribution in [3.05, 3.63) is 124 Å². The maximum absolute atomic E-state index is 14.3. The summed E-state index contributed by atoms with van der Waals surface area (Å²) >= 11 is 5.82. The molecule has 0 aliphatic carbocycles. The number of nitriles is 1. The number of carboxylic acid groups (broad SMARTS) is 1. The van der Waals surface area contributed by atoms with Gasteiger partial charge < -0.3 is 21.1 Å². The molecule has 1 atom stereocenters. The highest BCUT2D eigenvalue weighted by atomic mass is 35.5. The summed E-state index contributed by atoms with van der Waals surface area (Å²) in [6.45, 7) is 6.37. The van der Waals surface area contributed by atoms with E-state index in [9.17, 15) is 18.8 Å². The number of aromatic carboxylic acids is 1. The van der Waals surface area contributed by atoms with Crippen LogP contribution in [0, 0.1) is 17.1 Å². The Morgan fingerprint density at radius 1 is 1.12 bits per heavy atom. The van der Waals surface area contributed by atoms with E-state index in [4.69, 9.17) is 33.5 Å². The van der Waals surface area contributed by atoms with Crippen LogP contribution >= 0.6 is 11.6 Å². The van der Waals surface area contributed by atoms with Gasteiger partial charge in [-0.3, -0.25) is 14.6 Å². The number of carboxylic acids is 1. The zero-order valence-electron chi connectivity index (χ0n) is 26.5. The van der Waals surface area contributed by atoms with Gasteiger partial charge >= 0.3 is 5.97 Å². The topological polar surface area (TPSA) is 179 Å². The van der Waals surface area contributed by atoms with Gasteiger partial charge in [-0.15, -0.1) is 0 Å².